The summed E-state index contributed by atoms with van der Waals surface area (Å²) < 4.78 is 0. The number of rotatable bonds is 1. The van der Waals surface area contributed by atoms with E-state index in [-0.39, 0.29) is 6.04 Å². The quantitative estimate of drug-likeness (QED) is 0.802. The first kappa shape index (κ1) is 13.6. The van der Waals surface area contributed by atoms with Gasteiger partial charge in [0.15, 0.2) is 5.11 Å². The Morgan fingerprint density at radius 1 is 1.15 bits per heavy atom. The van der Waals surface area contributed by atoms with Crippen LogP contribution in [-0.4, -0.2) is 15.8 Å². The molecule has 2 atom stereocenters. The van der Waals surface area contributed by atoms with Gasteiger partial charge in [-0.25, -0.2) is 5.01 Å². The Balaban J connectivity index is 1.95. The van der Waals surface area contributed by atoms with Crippen LogP contribution in [0.15, 0.2) is 35.4 Å². The van der Waals surface area contributed by atoms with E-state index in [1.165, 1.54) is 43.4 Å². The lowest BCUT2D eigenvalue weighted by Gasteiger charge is -2.28. The van der Waals surface area contributed by atoms with Gasteiger partial charge in [0.2, 0.25) is 0 Å². The summed E-state index contributed by atoms with van der Waals surface area (Å²) in [7, 11) is 0. The van der Waals surface area contributed by atoms with E-state index in [1.807, 2.05) is 11.1 Å². The van der Waals surface area contributed by atoms with Gasteiger partial charge in [0.1, 0.15) is 0 Å². The molecule has 3 rings (SSSR count). The maximum absolute atomic E-state index is 5.91. The minimum Gasteiger partial charge on any atom is -0.375 e. The molecular formula is C16H21N3S. The fourth-order valence-corrected chi connectivity index (χ4v) is 3.58. The molecule has 2 aliphatic rings. The van der Waals surface area contributed by atoms with Crippen LogP contribution < -0.4 is 5.73 Å². The minimum atomic E-state index is 0.196. The van der Waals surface area contributed by atoms with Gasteiger partial charge in [-0.3, -0.25) is 0 Å². The average molecular weight is 287 g/mol. The van der Waals surface area contributed by atoms with E-state index in [0.717, 1.165) is 6.42 Å². The highest BCUT2D eigenvalue weighted by Gasteiger charge is 2.39. The number of hydrogen-bond donors (Lipinski definition) is 1. The van der Waals surface area contributed by atoms with Crippen molar-refractivity contribution in [2.75, 3.05) is 0 Å². The highest BCUT2D eigenvalue weighted by atomic mass is 32.1. The first-order valence-corrected chi connectivity index (χ1v) is 7.89. The van der Waals surface area contributed by atoms with Crippen molar-refractivity contribution >= 4 is 23.0 Å². The van der Waals surface area contributed by atoms with Crippen molar-refractivity contribution in [2.24, 2.45) is 16.8 Å². The van der Waals surface area contributed by atoms with Gasteiger partial charge in [0, 0.05) is 11.6 Å². The van der Waals surface area contributed by atoms with E-state index < -0.39 is 0 Å². The summed E-state index contributed by atoms with van der Waals surface area (Å²) >= 11 is 5.22. The van der Waals surface area contributed by atoms with Crippen LogP contribution in [0.1, 0.15) is 50.1 Å². The van der Waals surface area contributed by atoms with E-state index in [4.69, 9.17) is 23.1 Å². The highest BCUT2D eigenvalue weighted by Crippen LogP contribution is 2.40. The molecular weight excluding hydrogens is 266 g/mol. The third-order valence-electron chi connectivity index (χ3n) is 4.37. The smallest absolute Gasteiger partial charge is 0.187 e. The standard InChI is InChI=1S/C16H21N3S/c17-16(20)19-15(12-8-4-3-5-9-12)13-10-6-1-2-7-11-14(13)18-19/h3-5,8-9,13,15H,1-2,6-7,10-11H2,(H2,17,20)/t13-,15-/m1/s1. The molecule has 0 radical (unpaired) electrons. The molecule has 0 bridgehead atoms. The summed E-state index contributed by atoms with van der Waals surface area (Å²) in [6.45, 7) is 0. The number of hydrazone groups is 1. The third-order valence-corrected chi connectivity index (χ3v) is 4.56. The molecule has 1 aliphatic carbocycles. The summed E-state index contributed by atoms with van der Waals surface area (Å²) in [5.74, 6) is 0.471. The van der Waals surface area contributed by atoms with Gasteiger partial charge in [-0.05, 0) is 37.0 Å². The van der Waals surface area contributed by atoms with Crippen molar-refractivity contribution in [3.63, 3.8) is 0 Å². The SMILES string of the molecule is NC(=S)N1N=C2CCCCCC[C@H]2[C@H]1c1ccccc1. The van der Waals surface area contributed by atoms with Crippen LogP contribution in [0.2, 0.25) is 0 Å². The molecule has 0 unspecified atom stereocenters. The number of nitrogens with zero attached hydrogens (tertiary/aromatic N) is 2. The molecule has 1 aromatic rings. The van der Waals surface area contributed by atoms with Crippen molar-refractivity contribution in [1.82, 2.24) is 5.01 Å². The van der Waals surface area contributed by atoms with E-state index in [0.29, 0.717) is 11.0 Å². The summed E-state index contributed by atoms with van der Waals surface area (Å²) in [6, 6.07) is 10.7. The number of thiocarbonyl (C=S) groups is 1. The summed E-state index contributed by atoms with van der Waals surface area (Å²) in [6.07, 6.45) is 7.44. The Hall–Kier alpha value is -1.42. The second-order valence-corrected chi connectivity index (χ2v) is 6.11. The molecule has 20 heavy (non-hydrogen) atoms. The predicted octanol–water partition coefficient (Wildman–Crippen LogP) is 3.61. The first-order chi connectivity index (χ1) is 9.77. The van der Waals surface area contributed by atoms with Gasteiger partial charge >= 0.3 is 0 Å². The summed E-state index contributed by atoms with van der Waals surface area (Å²) in [5, 5.41) is 7.01. The second-order valence-electron chi connectivity index (χ2n) is 5.69. The lowest BCUT2D eigenvalue weighted by molar-refractivity contribution is 0.303. The van der Waals surface area contributed by atoms with Gasteiger partial charge in [0.05, 0.1) is 6.04 Å². The van der Waals surface area contributed by atoms with Crippen LogP contribution in [0.25, 0.3) is 0 Å². The molecule has 1 saturated carbocycles. The summed E-state index contributed by atoms with van der Waals surface area (Å²) in [5.41, 5.74) is 8.47. The van der Waals surface area contributed by atoms with Crippen molar-refractivity contribution in [1.29, 1.82) is 0 Å². The van der Waals surface area contributed by atoms with Crippen LogP contribution >= 0.6 is 12.2 Å². The predicted molar refractivity (Wildman–Crippen MR) is 86.4 cm³/mol. The zero-order valence-electron chi connectivity index (χ0n) is 11.7. The van der Waals surface area contributed by atoms with E-state index >= 15 is 0 Å². The molecule has 3 nitrogen and oxygen atoms in total. The molecule has 0 aromatic heterocycles. The van der Waals surface area contributed by atoms with Crippen molar-refractivity contribution in [3.8, 4) is 0 Å². The Morgan fingerprint density at radius 3 is 2.65 bits per heavy atom. The van der Waals surface area contributed by atoms with E-state index in [1.54, 1.807) is 0 Å². The third kappa shape index (κ3) is 2.57. The average Bonchev–Trinajstić information content (AvgIpc) is 2.78. The van der Waals surface area contributed by atoms with Gasteiger partial charge in [-0.2, -0.15) is 5.10 Å². The monoisotopic (exact) mass is 287 g/mol. The van der Waals surface area contributed by atoms with Crippen LogP contribution in [-0.2, 0) is 0 Å². The number of fused-ring (bicyclic) bond motifs is 1. The van der Waals surface area contributed by atoms with Crippen LogP contribution in [0.5, 0.6) is 0 Å². The molecule has 0 amide bonds. The van der Waals surface area contributed by atoms with E-state index in [2.05, 4.69) is 24.3 Å². The number of benzene rings is 1. The maximum Gasteiger partial charge on any atom is 0.187 e. The van der Waals surface area contributed by atoms with Crippen molar-refractivity contribution in [2.45, 2.75) is 44.6 Å². The molecule has 1 aromatic carbocycles. The number of nitrogens with two attached hydrogens (primary N) is 1. The fourth-order valence-electron chi connectivity index (χ4n) is 3.42. The summed E-state index contributed by atoms with van der Waals surface area (Å²) in [4.78, 5) is 0. The Labute approximate surface area is 125 Å². The first-order valence-electron chi connectivity index (χ1n) is 7.48. The molecule has 1 aliphatic heterocycles. The molecule has 0 saturated heterocycles. The van der Waals surface area contributed by atoms with Gasteiger partial charge < -0.3 is 5.73 Å². The second kappa shape index (κ2) is 5.92. The van der Waals surface area contributed by atoms with Crippen LogP contribution in [0.4, 0.5) is 0 Å². The number of hydrogen-bond acceptors (Lipinski definition) is 2. The molecule has 0 spiro atoms. The molecule has 106 valence electrons. The van der Waals surface area contributed by atoms with Crippen LogP contribution in [0, 0.1) is 5.92 Å². The zero-order chi connectivity index (χ0) is 13.9. The largest absolute Gasteiger partial charge is 0.375 e. The van der Waals surface area contributed by atoms with Crippen molar-refractivity contribution in [3.05, 3.63) is 35.9 Å². The Kier molecular flexibility index (Phi) is 4.01. The van der Waals surface area contributed by atoms with Gasteiger partial charge in [-0.15, -0.1) is 0 Å². The van der Waals surface area contributed by atoms with Crippen molar-refractivity contribution < 1.29 is 0 Å². The van der Waals surface area contributed by atoms with Crippen LogP contribution in [0.3, 0.4) is 0 Å². The Bertz CT molecular complexity index is 512. The normalized spacial score (nSPS) is 26.4. The molecule has 1 fully saturated rings. The zero-order valence-corrected chi connectivity index (χ0v) is 12.5. The molecule has 4 heteroatoms. The lowest BCUT2D eigenvalue weighted by Crippen LogP contribution is -2.34. The fraction of sp³-hybridized carbons (Fsp3) is 0.500. The van der Waals surface area contributed by atoms with Gasteiger partial charge in [0.25, 0.3) is 0 Å². The topological polar surface area (TPSA) is 41.6 Å². The Morgan fingerprint density at radius 2 is 1.90 bits per heavy atom. The lowest BCUT2D eigenvalue weighted by atomic mass is 9.82. The highest BCUT2D eigenvalue weighted by molar-refractivity contribution is 7.80. The molecule has 2 N–H and O–H groups in total. The minimum absolute atomic E-state index is 0.196. The van der Waals surface area contributed by atoms with E-state index in [9.17, 15) is 0 Å². The maximum atomic E-state index is 5.91. The van der Waals surface area contributed by atoms with Gasteiger partial charge in [-0.1, -0.05) is 49.6 Å². The molecule has 1 heterocycles.